The van der Waals surface area contributed by atoms with Crippen molar-refractivity contribution in [2.24, 2.45) is 0 Å². The summed E-state index contributed by atoms with van der Waals surface area (Å²) in [4.78, 5) is 23.8. The molecule has 0 spiro atoms. The Bertz CT molecular complexity index is 822. The minimum Gasteiger partial charge on any atom is -0.332 e. The first-order valence-corrected chi connectivity index (χ1v) is 9.37. The fraction of sp³-hybridized carbons (Fsp3) is 0.211. The maximum absolute atomic E-state index is 12.2. The number of aryl methyl sites for hydroxylation is 1. The van der Waals surface area contributed by atoms with Crippen LogP contribution in [0.2, 0.25) is 0 Å². The highest BCUT2D eigenvalue weighted by Crippen LogP contribution is 2.18. The average molecular weight is 434 g/mol. The van der Waals surface area contributed by atoms with Crippen molar-refractivity contribution in [1.82, 2.24) is 5.32 Å². The molecule has 0 aliphatic carbocycles. The number of halogens is 1. The molecule has 2 rings (SSSR count). The van der Waals surface area contributed by atoms with Gasteiger partial charge in [-0.05, 0) is 67.5 Å². The third-order valence-electron chi connectivity index (χ3n) is 3.56. The van der Waals surface area contributed by atoms with E-state index in [0.717, 1.165) is 16.5 Å². The Hall–Kier alpha value is -2.25. The van der Waals surface area contributed by atoms with Crippen LogP contribution in [0.4, 0.5) is 11.4 Å². The summed E-state index contributed by atoms with van der Waals surface area (Å²) < 4.78 is 0.865. The highest BCUT2D eigenvalue weighted by molar-refractivity contribution is 9.10. The normalized spacial score (nSPS) is 10.1. The fourth-order valence-electron chi connectivity index (χ4n) is 2.16. The predicted molar refractivity (Wildman–Crippen MR) is 113 cm³/mol. The smallest absolute Gasteiger partial charge is 0.257 e. The van der Waals surface area contributed by atoms with Crippen LogP contribution < -0.4 is 16.0 Å². The summed E-state index contributed by atoms with van der Waals surface area (Å²) in [7, 11) is 0. The SMILES string of the molecule is CCCC(=O)Nc1ccc(NC(=S)NC(=O)c2ccc(C)c(Br)c2)cc1. The minimum absolute atomic E-state index is 0.0137. The predicted octanol–water partition coefficient (Wildman–Crippen LogP) is 4.62. The van der Waals surface area contributed by atoms with Gasteiger partial charge in [0.1, 0.15) is 0 Å². The van der Waals surface area contributed by atoms with Gasteiger partial charge in [-0.25, -0.2) is 0 Å². The van der Waals surface area contributed by atoms with E-state index in [-0.39, 0.29) is 16.9 Å². The molecule has 0 saturated carbocycles. The van der Waals surface area contributed by atoms with E-state index in [1.807, 2.05) is 19.9 Å². The van der Waals surface area contributed by atoms with Gasteiger partial charge >= 0.3 is 0 Å². The maximum Gasteiger partial charge on any atom is 0.257 e. The number of hydrogen-bond donors (Lipinski definition) is 3. The molecular formula is C19H20BrN3O2S. The monoisotopic (exact) mass is 433 g/mol. The van der Waals surface area contributed by atoms with Crippen LogP contribution in [-0.2, 0) is 4.79 Å². The lowest BCUT2D eigenvalue weighted by molar-refractivity contribution is -0.116. The molecule has 2 aromatic rings. The number of nitrogens with one attached hydrogen (secondary N) is 3. The number of benzene rings is 2. The van der Waals surface area contributed by atoms with Crippen LogP contribution >= 0.6 is 28.1 Å². The summed E-state index contributed by atoms with van der Waals surface area (Å²) in [5, 5.41) is 8.61. The molecule has 3 N–H and O–H groups in total. The van der Waals surface area contributed by atoms with Gasteiger partial charge in [0.15, 0.2) is 5.11 Å². The quantitative estimate of drug-likeness (QED) is 0.601. The van der Waals surface area contributed by atoms with E-state index in [9.17, 15) is 9.59 Å². The molecule has 7 heteroatoms. The van der Waals surface area contributed by atoms with Gasteiger partial charge in [0.2, 0.25) is 5.91 Å². The summed E-state index contributed by atoms with van der Waals surface area (Å²) in [6, 6.07) is 12.5. The van der Waals surface area contributed by atoms with E-state index >= 15 is 0 Å². The standard InChI is InChI=1S/C19H20BrN3O2S/c1-3-4-17(24)21-14-7-9-15(10-8-14)22-19(26)23-18(25)13-6-5-12(2)16(20)11-13/h5-11H,3-4H2,1-2H3,(H,21,24)(H2,22,23,25,26). The lowest BCUT2D eigenvalue weighted by Crippen LogP contribution is -2.34. The number of carbonyl (C=O) groups is 2. The second-order valence-electron chi connectivity index (χ2n) is 5.75. The number of anilines is 2. The third-order valence-corrected chi connectivity index (χ3v) is 4.62. The second-order valence-corrected chi connectivity index (χ2v) is 7.01. The maximum atomic E-state index is 12.2. The molecule has 2 aromatic carbocycles. The van der Waals surface area contributed by atoms with Gasteiger partial charge in [-0.15, -0.1) is 0 Å². The van der Waals surface area contributed by atoms with Gasteiger partial charge in [0.25, 0.3) is 5.91 Å². The average Bonchev–Trinajstić information content (AvgIpc) is 2.59. The Morgan fingerprint density at radius 2 is 1.65 bits per heavy atom. The van der Waals surface area contributed by atoms with E-state index in [2.05, 4.69) is 31.9 Å². The number of carbonyl (C=O) groups excluding carboxylic acids is 2. The molecule has 0 aromatic heterocycles. The Kier molecular flexibility index (Phi) is 7.29. The Morgan fingerprint density at radius 3 is 2.23 bits per heavy atom. The second kappa shape index (κ2) is 9.45. The van der Waals surface area contributed by atoms with Gasteiger partial charge < -0.3 is 10.6 Å². The van der Waals surface area contributed by atoms with Crippen molar-refractivity contribution >= 4 is 56.4 Å². The van der Waals surface area contributed by atoms with E-state index in [1.165, 1.54) is 0 Å². The molecule has 0 radical (unpaired) electrons. The summed E-state index contributed by atoms with van der Waals surface area (Å²) in [5.74, 6) is -0.299. The number of hydrogen-bond acceptors (Lipinski definition) is 3. The Balaban J connectivity index is 1.91. The third kappa shape index (κ3) is 5.93. The number of amides is 2. The molecule has 0 bridgehead atoms. The molecule has 0 saturated heterocycles. The van der Waals surface area contributed by atoms with Crippen LogP contribution in [0.3, 0.4) is 0 Å². The van der Waals surface area contributed by atoms with Crippen molar-refractivity contribution in [3.63, 3.8) is 0 Å². The highest BCUT2D eigenvalue weighted by atomic mass is 79.9. The number of rotatable bonds is 5. The molecule has 5 nitrogen and oxygen atoms in total. The first-order chi connectivity index (χ1) is 12.4. The van der Waals surface area contributed by atoms with Crippen LogP contribution in [-0.4, -0.2) is 16.9 Å². The largest absolute Gasteiger partial charge is 0.332 e. The van der Waals surface area contributed by atoms with Crippen molar-refractivity contribution in [1.29, 1.82) is 0 Å². The van der Waals surface area contributed by atoms with Crippen molar-refractivity contribution in [3.05, 3.63) is 58.1 Å². The Morgan fingerprint density at radius 1 is 1.04 bits per heavy atom. The zero-order chi connectivity index (χ0) is 19.1. The summed E-state index contributed by atoms with van der Waals surface area (Å²) in [6.07, 6.45) is 1.29. The fourth-order valence-corrected chi connectivity index (χ4v) is 2.75. The molecule has 0 unspecified atom stereocenters. The first-order valence-electron chi connectivity index (χ1n) is 8.17. The van der Waals surface area contributed by atoms with E-state index in [0.29, 0.717) is 23.4 Å². The van der Waals surface area contributed by atoms with E-state index < -0.39 is 0 Å². The molecule has 0 atom stereocenters. The lowest BCUT2D eigenvalue weighted by Gasteiger charge is -2.11. The zero-order valence-corrected chi connectivity index (χ0v) is 17.0. The molecule has 0 heterocycles. The zero-order valence-electron chi connectivity index (χ0n) is 14.6. The highest BCUT2D eigenvalue weighted by Gasteiger charge is 2.09. The summed E-state index contributed by atoms with van der Waals surface area (Å²) in [5.41, 5.74) is 3.00. The first kappa shape index (κ1) is 20.1. The molecular weight excluding hydrogens is 414 g/mol. The number of thiocarbonyl (C=S) groups is 1. The van der Waals surface area contributed by atoms with Crippen LogP contribution in [0, 0.1) is 6.92 Å². The van der Waals surface area contributed by atoms with Gasteiger partial charge in [-0.3, -0.25) is 14.9 Å². The minimum atomic E-state index is -0.286. The Labute approximate surface area is 166 Å². The van der Waals surface area contributed by atoms with Crippen molar-refractivity contribution in [2.75, 3.05) is 10.6 Å². The van der Waals surface area contributed by atoms with Crippen molar-refractivity contribution in [3.8, 4) is 0 Å². The topological polar surface area (TPSA) is 70.2 Å². The van der Waals surface area contributed by atoms with Crippen LogP contribution in [0.15, 0.2) is 46.9 Å². The van der Waals surface area contributed by atoms with Gasteiger partial charge in [0, 0.05) is 27.8 Å². The van der Waals surface area contributed by atoms with Crippen LogP contribution in [0.1, 0.15) is 35.7 Å². The van der Waals surface area contributed by atoms with Gasteiger partial charge in [-0.1, -0.05) is 28.9 Å². The molecule has 2 amide bonds. The molecule has 0 fully saturated rings. The molecule has 26 heavy (non-hydrogen) atoms. The van der Waals surface area contributed by atoms with Crippen LogP contribution in [0.5, 0.6) is 0 Å². The van der Waals surface area contributed by atoms with E-state index in [1.54, 1.807) is 36.4 Å². The molecule has 136 valence electrons. The summed E-state index contributed by atoms with van der Waals surface area (Å²) >= 11 is 8.59. The molecule has 0 aliphatic rings. The van der Waals surface area contributed by atoms with Crippen molar-refractivity contribution in [2.45, 2.75) is 26.7 Å². The van der Waals surface area contributed by atoms with Crippen LogP contribution in [0.25, 0.3) is 0 Å². The van der Waals surface area contributed by atoms with E-state index in [4.69, 9.17) is 12.2 Å². The molecule has 0 aliphatic heterocycles. The van der Waals surface area contributed by atoms with Gasteiger partial charge in [0.05, 0.1) is 0 Å². The van der Waals surface area contributed by atoms with Crippen molar-refractivity contribution < 1.29 is 9.59 Å². The lowest BCUT2D eigenvalue weighted by atomic mass is 10.1. The van der Waals surface area contributed by atoms with Gasteiger partial charge in [-0.2, -0.15) is 0 Å². The summed E-state index contributed by atoms with van der Waals surface area (Å²) in [6.45, 7) is 3.91.